The molecule has 1 aliphatic rings. The van der Waals surface area contributed by atoms with Gasteiger partial charge in [-0.2, -0.15) is 0 Å². The van der Waals surface area contributed by atoms with Gasteiger partial charge in [0.15, 0.2) is 0 Å². The van der Waals surface area contributed by atoms with Crippen LogP contribution in [0.4, 0.5) is 0 Å². The number of carbonyl (C=O) groups excluding carboxylic acids is 1. The zero-order valence-electron chi connectivity index (χ0n) is 19.1. The van der Waals surface area contributed by atoms with E-state index in [0.29, 0.717) is 24.8 Å². The molecule has 0 aliphatic carbocycles. The Balaban J connectivity index is 1.51. The molecule has 4 rings (SSSR count). The van der Waals surface area contributed by atoms with Crippen molar-refractivity contribution < 1.29 is 9.53 Å². The quantitative estimate of drug-likeness (QED) is 0.492. The van der Waals surface area contributed by atoms with E-state index in [1.165, 1.54) is 25.8 Å². The van der Waals surface area contributed by atoms with Crippen LogP contribution in [-0.4, -0.2) is 48.1 Å². The Morgan fingerprint density at radius 1 is 1.16 bits per heavy atom. The molecule has 1 N–H and O–H groups in total. The van der Waals surface area contributed by atoms with Crippen LogP contribution in [0.15, 0.2) is 54.6 Å². The van der Waals surface area contributed by atoms with Gasteiger partial charge in [-0.05, 0) is 63.9 Å². The van der Waals surface area contributed by atoms with Crippen molar-refractivity contribution in [3.63, 3.8) is 0 Å². The van der Waals surface area contributed by atoms with E-state index >= 15 is 0 Å². The molecule has 2 heterocycles. The Morgan fingerprint density at radius 3 is 2.88 bits per heavy atom. The summed E-state index contributed by atoms with van der Waals surface area (Å²) in [5.41, 5.74) is 3.20. The molecule has 1 fully saturated rings. The molecule has 5 nitrogen and oxygen atoms in total. The smallest absolute Gasteiger partial charge is 0.252 e. The van der Waals surface area contributed by atoms with E-state index < -0.39 is 0 Å². The van der Waals surface area contributed by atoms with Gasteiger partial charge in [0, 0.05) is 30.1 Å². The van der Waals surface area contributed by atoms with Crippen molar-refractivity contribution in [2.24, 2.45) is 0 Å². The molecule has 168 valence electrons. The summed E-state index contributed by atoms with van der Waals surface area (Å²) in [6.45, 7) is 7.77. The van der Waals surface area contributed by atoms with Gasteiger partial charge < -0.3 is 15.0 Å². The van der Waals surface area contributed by atoms with Gasteiger partial charge >= 0.3 is 0 Å². The lowest BCUT2D eigenvalue weighted by atomic mass is 10.0. The van der Waals surface area contributed by atoms with Gasteiger partial charge in [0.05, 0.1) is 23.4 Å². The number of pyridine rings is 1. The van der Waals surface area contributed by atoms with Crippen LogP contribution in [0.3, 0.4) is 0 Å². The third-order valence-electron chi connectivity index (χ3n) is 6.25. The highest BCUT2D eigenvalue weighted by atomic mass is 16.5. The number of fused-ring (bicyclic) bond motifs is 1. The third-order valence-corrected chi connectivity index (χ3v) is 6.25. The topological polar surface area (TPSA) is 54.5 Å². The Kier molecular flexibility index (Phi) is 7.38. The van der Waals surface area contributed by atoms with E-state index in [1.807, 2.05) is 61.5 Å². The van der Waals surface area contributed by atoms with Crippen molar-refractivity contribution in [3.8, 4) is 17.0 Å². The maximum absolute atomic E-state index is 13.1. The standard InChI is InChI=1S/C27H33N3O2/c1-3-32-22-12-8-11-21(18-22)26-19-24(23-13-4-5-14-25(23)29-26)27(31)28-15-9-17-30-16-7-6-10-20(30)2/h4-5,8,11-14,18-20H,3,6-7,9-10,15-17H2,1-2H3,(H,28,31). The molecule has 0 saturated carbocycles. The molecule has 1 aliphatic heterocycles. The number of para-hydroxylation sites is 1. The van der Waals surface area contributed by atoms with Crippen LogP contribution in [-0.2, 0) is 0 Å². The summed E-state index contributed by atoms with van der Waals surface area (Å²) in [5.74, 6) is 0.760. The van der Waals surface area contributed by atoms with Crippen molar-refractivity contribution in [1.82, 2.24) is 15.2 Å². The average molecular weight is 432 g/mol. The molecular weight excluding hydrogens is 398 g/mol. The first-order valence-corrected chi connectivity index (χ1v) is 11.8. The van der Waals surface area contributed by atoms with Gasteiger partial charge in [0.25, 0.3) is 5.91 Å². The second kappa shape index (κ2) is 10.6. The summed E-state index contributed by atoms with van der Waals surface area (Å²) in [6, 6.07) is 18.2. The van der Waals surface area contributed by atoms with E-state index in [1.54, 1.807) is 0 Å². The van der Waals surface area contributed by atoms with Gasteiger partial charge in [0.1, 0.15) is 5.75 Å². The van der Waals surface area contributed by atoms with E-state index in [4.69, 9.17) is 9.72 Å². The van der Waals surface area contributed by atoms with Crippen LogP contribution in [0.2, 0.25) is 0 Å². The minimum atomic E-state index is -0.0440. The second-order valence-corrected chi connectivity index (χ2v) is 8.52. The van der Waals surface area contributed by atoms with Crippen LogP contribution in [0.1, 0.15) is 49.9 Å². The first-order chi connectivity index (χ1) is 15.7. The molecule has 0 bridgehead atoms. The maximum atomic E-state index is 13.1. The Morgan fingerprint density at radius 2 is 2.03 bits per heavy atom. The van der Waals surface area contributed by atoms with Crippen molar-refractivity contribution in [2.75, 3.05) is 26.2 Å². The lowest BCUT2D eigenvalue weighted by molar-refractivity contribution is 0.0950. The molecule has 0 spiro atoms. The lowest BCUT2D eigenvalue weighted by Gasteiger charge is -2.33. The number of piperidine rings is 1. The molecule has 1 aromatic heterocycles. The van der Waals surface area contributed by atoms with Crippen LogP contribution in [0.25, 0.3) is 22.2 Å². The minimum absolute atomic E-state index is 0.0440. The summed E-state index contributed by atoms with van der Waals surface area (Å²) in [7, 11) is 0. The molecule has 1 unspecified atom stereocenters. The zero-order valence-corrected chi connectivity index (χ0v) is 19.1. The lowest BCUT2D eigenvalue weighted by Crippen LogP contribution is -2.39. The number of hydrogen-bond donors (Lipinski definition) is 1. The number of nitrogens with zero attached hydrogens (tertiary/aromatic N) is 2. The maximum Gasteiger partial charge on any atom is 0.252 e. The van der Waals surface area contributed by atoms with E-state index in [2.05, 4.69) is 17.1 Å². The monoisotopic (exact) mass is 431 g/mol. The number of likely N-dealkylation sites (tertiary alicyclic amines) is 1. The minimum Gasteiger partial charge on any atom is -0.494 e. The largest absolute Gasteiger partial charge is 0.494 e. The van der Waals surface area contributed by atoms with Gasteiger partial charge in [-0.1, -0.05) is 36.8 Å². The predicted octanol–water partition coefficient (Wildman–Crippen LogP) is 5.29. The van der Waals surface area contributed by atoms with Crippen molar-refractivity contribution in [1.29, 1.82) is 0 Å². The molecule has 1 amide bonds. The zero-order chi connectivity index (χ0) is 22.3. The number of ether oxygens (including phenoxy) is 1. The second-order valence-electron chi connectivity index (χ2n) is 8.52. The highest BCUT2D eigenvalue weighted by Crippen LogP contribution is 2.27. The molecular formula is C27H33N3O2. The molecule has 3 aromatic rings. The van der Waals surface area contributed by atoms with Crippen LogP contribution < -0.4 is 10.1 Å². The SMILES string of the molecule is CCOc1cccc(-c2cc(C(=O)NCCCN3CCCCC3C)c3ccccc3n2)c1. The van der Waals surface area contributed by atoms with Crippen molar-refractivity contribution in [3.05, 3.63) is 60.2 Å². The van der Waals surface area contributed by atoms with Crippen LogP contribution in [0, 0.1) is 0 Å². The summed E-state index contributed by atoms with van der Waals surface area (Å²) < 4.78 is 5.65. The average Bonchev–Trinajstić information content (AvgIpc) is 2.82. The first kappa shape index (κ1) is 22.3. The van der Waals surface area contributed by atoms with Gasteiger partial charge in [-0.15, -0.1) is 0 Å². The normalized spacial score (nSPS) is 16.8. The van der Waals surface area contributed by atoms with E-state index in [-0.39, 0.29) is 5.91 Å². The molecule has 1 saturated heterocycles. The summed E-state index contributed by atoms with van der Waals surface area (Å²) >= 11 is 0. The summed E-state index contributed by atoms with van der Waals surface area (Å²) in [6.07, 6.45) is 4.86. The summed E-state index contributed by atoms with van der Waals surface area (Å²) in [5, 5.41) is 4.01. The van der Waals surface area contributed by atoms with E-state index in [9.17, 15) is 4.79 Å². The molecule has 5 heteroatoms. The predicted molar refractivity (Wildman–Crippen MR) is 130 cm³/mol. The highest BCUT2D eigenvalue weighted by molar-refractivity contribution is 6.07. The fourth-order valence-corrected chi connectivity index (χ4v) is 4.49. The number of nitrogens with one attached hydrogen (secondary N) is 1. The van der Waals surface area contributed by atoms with Gasteiger partial charge in [-0.25, -0.2) is 4.98 Å². The van der Waals surface area contributed by atoms with Gasteiger partial charge in [-0.3, -0.25) is 4.79 Å². The molecule has 0 radical (unpaired) electrons. The number of aromatic nitrogens is 1. The number of amides is 1. The number of carbonyl (C=O) groups is 1. The fourth-order valence-electron chi connectivity index (χ4n) is 4.49. The van der Waals surface area contributed by atoms with Gasteiger partial charge in [0.2, 0.25) is 0 Å². The highest BCUT2D eigenvalue weighted by Gasteiger charge is 2.18. The summed E-state index contributed by atoms with van der Waals surface area (Å²) in [4.78, 5) is 20.5. The number of rotatable bonds is 8. The first-order valence-electron chi connectivity index (χ1n) is 11.8. The molecule has 2 aromatic carbocycles. The number of hydrogen-bond acceptors (Lipinski definition) is 4. The molecule has 32 heavy (non-hydrogen) atoms. The Labute approximate surface area is 190 Å². The fraction of sp³-hybridized carbons (Fsp3) is 0.407. The van der Waals surface area contributed by atoms with E-state index in [0.717, 1.165) is 40.9 Å². The number of benzene rings is 2. The van der Waals surface area contributed by atoms with Crippen LogP contribution in [0.5, 0.6) is 5.75 Å². The van der Waals surface area contributed by atoms with Crippen molar-refractivity contribution in [2.45, 2.75) is 45.6 Å². The Bertz CT molecular complexity index is 1070. The Hall–Kier alpha value is -2.92. The van der Waals surface area contributed by atoms with Crippen molar-refractivity contribution >= 4 is 16.8 Å². The van der Waals surface area contributed by atoms with Crippen LogP contribution >= 0.6 is 0 Å². The molecule has 1 atom stereocenters. The third kappa shape index (κ3) is 5.28.